The quantitative estimate of drug-likeness (QED) is 0.436. The van der Waals surface area contributed by atoms with Crippen molar-refractivity contribution in [3.05, 3.63) is 71.2 Å². The summed E-state index contributed by atoms with van der Waals surface area (Å²) < 4.78 is 43.1. The van der Waals surface area contributed by atoms with Gasteiger partial charge in [0.2, 0.25) is 5.95 Å². The number of carbonyl (C=O) groups excluding carboxylic acids is 1. The van der Waals surface area contributed by atoms with Crippen molar-refractivity contribution in [2.75, 3.05) is 5.32 Å². The van der Waals surface area contributed by atoms with Crippen LogP contribution in [0.1, 0.15) is 26.7 Å². The zero-order valence-corrected chi connectivity index (χ0v) is 17.8. The molecule has 1 aromatic carbocycles. The standard InChI is InChI=1S/C20H13ClF3N7O3/c1-30-14(12-9-31(19-25-5-2-6-26-19)29-15(12)20(22,23)24)8-27-16(30)17(32)28-10-3-4-11(18(33)34)13(21)7-10/h2-9H,1H3,(H,28,32)(H,33,34). The van der Waals surface area contributed by atoms with Crippen LogP contribution in [0.15, 0.2) is 49.1 Å². The number of aromatic carboxylic acids is 1. The van der Waals surface area contributed by atoms with Crippen LogP contribution in [0.25, 0.3) is 17.2 Å². The van der Waals surface area contributed by atoms with Crippen LogP contribution in [0.3, 0.4) is 0 Å². The van der Waals surface area contributed by atoms with Crippen molar-refractivity contribution < 1.29 is 27.9 Å². The molecule has 10 nitrogen and oxygen atoms in total. The molecule has 34 heavy (non-hydrogen) atoms. The molecule has 14 heteroatoms. The normalized spacial score (nSPS) is 11.4. The highest BCUT2D eigenvalue weighted by molar-refractivity contribution is 6.33. The molecule has 0 saturated heterocycles. The zero-order valence-electron chi connectivity index (χ0n) is 17.1. The van der Waals surface area contributed by atoms with Crippen LogP contribution in [0.2, 0.25) is 5.02 Å². The van der Waals surface area contributed by atoms with E-state index in [1.54, 1.807) is 0 Å². The van der Waals surface area contributed by atoms with Crippen LogP contribution in [0, 0.1) is 0 Å². The van der Waals surface area contributed by atoms with Gasteiger partial charge in [0.05, 0.1) is 28.0 Å². The first-order valence-corrected chi connectivity index (χ1v) is 9.74. The molecule has 0 bridgehead atoms. The van der Waals surface area contributed by atoms with Crippen LogP contribution in [-0.2, 0) is 13.2 Å². The fourth-order valence-electron chi connectivity index (χ4n) is 3.11. The molecule has 0 spiro atoms. The van der Waals surface area contributed by atoms with Crippen LogP contribution in [-0.4, -0.2) is 46.3 Å². The number of carbonyl (C=O) groups is 2. The Morgan fingerprint density at radius 3 is 2.47 bits per heavy atom. The molecule has 4 aromatic rings. The van der Waals surface area contributed by atoms with Gasteiger partial charge in [-0.2, -0.15) is 18.3 Å². The summed E-state index contributed by atoms with van der Waals surface area (Å²) in [5.74, 6) is -2.26. The van der Waals surface area contributed by atoms with Crippen molar-refractivity contribution in [1.82, 2.24) is 29.3 Å². The van der Waals surface area contributed by atoms with E-state index in [0.29, 0.717) is 0 Å². The molecule has 0 unspecified atom stereocenters. The first-order valence-electron chi connectivity index (χ1n) is 9.37. The molecule has 0 saturated carbocycles. The predicted octanol–water partition coefficient (Wildman–Crippen LogP) is 3.69. The monoisotopic (exact) mass is 491 g/mol. The Morgan fingerprint density at radius 2 is 1.85 bits per heavy atom. The average Bonchev–Trinajstić information content (AvgIpc) is 3.38. The number of aromatic nitrogens is 6. The van der Waals surface area contributed by atoms with Gasteiger partial charge < -0.3 is 15.0 Å². The van der Waals surface area contributed by atoms with E-state index in [4.69, 9.17) is 16.7 Å². The van der Waals surface area contributed by atoms with E-state index < -0.39 is 23.7 Å². The number of imidazole rings is 1. The lowest BCUT2D eigenvalue weighted by Gasteiger charge is -2.09. The number of amides is 1. The lowest BCUT2D eigenvalue weighted by Crippen LogP contribution is -2.17. The average molecular weight is 492 g/mol. The second-order valence-corrected chi connectivity index (χ2v) is 7.27. The lowest BCUT2D eigenvalue weighted by atomic mass is 10.2. The highest BCUT2D eigenvalue weighted by atomic mass is 35.5. The molecule has 0 fully saturated rings. The van der Waals surface area contributed by atoms with E-state index in [1.165, 1.54) is 48.3 Å². The molecule has 2 N–H and O–H groups in total. The molecule has 0 aliphatic heterocycles. The molecule has 4 rings (SSSR count). The van der Waals surface area contributed by atoms with E-state index in [9.17, 15) is 22.8 Å². The number of hydrogen-bond donors (Lipinski definition) is 2. The number of alkyl halides is 3. The molecule has 0 aliphatic carbocycles. The van der Waals surface area contributed by atoms with Gasteiger partial charge in [-0.25, -0.2) is 24.4 Å². The Morgan fingerprint density at radius 1 is 1.15 bits per heavy atom. The van der Waals surface area contributed by atoms with Crippen LogP contribution in [0.4, 0.5) is 18.9 Å². The topological polar surface area (TPSA) is 128 Å². The zero-order chi connectivity index (χ0) is 24.6. The Bertz CT molecular complexity index is 1400. The van der Waals surface area contributed by atoms with Gasteiger partial charge in [0.1, 0.15) is 0 Å². The Hall–Kier alpha value is -4.26. The summed E-state index contributed by atoms with van der Waals surface area (Å²) in [6.07, 6.45) is 0.126. The van der Waals surface area contributed by atoms with Gasteiger partial charge in [0.25, 0.3) is 5.91 Å². The SMILES string of the molecule is Cn1c(-c2cn(-c3ncccn3)nc2C(F)(F)F)cnc1C(=O)Nc1ccc(C(=O)O)c(Cl)c1. The number of carboxylic acid groups (broad SMARTS) is 1. The van der Waals surface area contributed by atoms with Gasteiger partial charge in [-0.1, -0.05) is 11.6 Å². The maximum Gasteiger partial charge on any atom is 0.435 e. The first-order chi connectivity index (χ1) is 16.1. The van der Waals surface area contributed by atoms with E-state index in [1.807, 2.05) is 0 Å². The maximum atomic E-state index is 13.7. The fourth-order valence-corrected chi connectivity index (χ4v) is 3.37. The Labute approximate surface area is 193 Å². The van der Waals surface area contributed by atoms with Gasteiger partial charge >= 0.3 is 12.1 Å². The summed E-state index contributed by atoms with van der Waals surface area (Å²) in [7, 11) is 1.37. The van der Waals surface area contributed by atoms with Gasteiger partial charge in [0.15, 0.2) is 11.5 Å². The second kappa shape index (κ2) is 8.59. The van der Waals surface area contributed by atoms with Gasteiger partial charge in [-0.3, -0.25) is 4.79 Å². The minimum absolute atomic E-state index is 0.0288. The third-order valence-corrected chi connectivity index (χ3v) is 4.98. The summed E-state index contributed by atoms with van der Waals surface area (Å²) in [6.45, 7) is 0. The third-order valence-electron chi connectivity index (χ3n) is 4.66. The van der Waals surface area contributed by atoms with E-state index in [0.717, 1.165) is 17.1 Å². The number of benzene rings is 1. The number of nitrogens with one attached hydrogen (secondary N) is 1. The highest BCUT2D eigenvalue weighted by Crippen LogP contribution is 2.36. The summed E-state index contributed by atoms with van der Waals surface area (Å²) in [4.78, 5) is 35.5. The Kier molecular flexibility index (Phi) is 5.79. The van der Waals surface area contributed by atoms with Crippen molar-refractivity contribution in [2.45, 2.75) is 6.18 Å². The van der Waals surface area contributed by atoms with Crippen molar-refractivity contribution >= 4 is 29.2 Å². The smallest absolute Gasteiger partial charge is 0.435 e. The number of rotatable bonds is 5. The van der Waals surface area contributed by atoms with Gasteiger partial charge in [0, 0.05) is 31.3 Å². The molecular formula is C20H13ClF3N7O3. The fraction of sp³-hybridized carbons (Fsp3) is 0.100. The minimum Gasteiger partial charge on any atom is -0.478 e. The maximum absolute atomic E-state index is 13.7. The number of halogens is 4. The molecule has 0 aliphatic rings. The number of hydrogen-bond acceptors (Lipinski definition) is 6. The van der Waals surface area contributed by atoms with Crippen molar-refractivity contribution in [2.24, 2.45) is 7.05 Å². The minimum atomic E-state index is -4.80. The largest absolute Gasteiger partial charge is 0.478 e. The van der Waals surface area contributed by atoms with Crippen molar-refractivity contribution in [1.29, 1.82) is 0 Å². The van der Waals surface area contributed by atoms with E-state index in [2.05, 4.69) is 25.4 Å². The van der Waals surface area contributed by atoms with Crippen LogP contribution < -0.4 is 5.32 Å². The number of carboxylic acids is 1. The number of nitrogens with zero attached hydrogens (tertiary/aromatic N) is 6. The molecule has 174 valence electrons. The van der Waals surface area contributed by atoms with Crippen molar-refractivity contribution in [3.63, 3.8) is 0 Å². The van der Waals surface area contributed by atoms with E-state index in [-0.39, 0.29) is 39.3 Å². The molecule has 3 aromatic heterocycles. The third kappa shape index (κ3) is 4.32. The van der Waals surface area contributed by atoms with Crippen molar-refractivity contribution in [3.8, 4) is 17.2 Å². The second-order valence-electron chi connectivity index (χ2n) is 6.86. The highest BCUT2D eigenvalue weighted by Gasteiger charge is 2.39. The molecular weight excluding hydrogens is 479 g/mol. The Balaban J connectivity index is 1.68. The summed E-state index contributed by atoms with van der Waals surface area (Å²) >= 11 is 5.90. The lowest BCUT2D eigenvalue weighted by molar-refractivity contribution is -0.140. The van der Waals surface area contributed by atoms with Gasteiger partial charge in [-0.15, -0.1) is 0 Å². The predicted molar refractivity (Wildman–Crippen MR) is 113 cm³/mol. The summed E-state index contributed by atoms with van der Waals surface area (Å²) in [5, 5.41) is 15.0. The van der Waals surface area contributed by atoms with Crippen LogP contribution >= 0.6 is 11.6 Å². The molecule has 0 radical (unpaired) electrons. The van der Waals surface area contributed by atoms with Crippen LogP contribution in [0.5, 0.6) is 0 Å². The summed E-state index contributed by atoms with van der Waals surface area (Å²) in [5.41, 5.74) is -1.54. The molecule has 0 atom stereocenters. The summed E-state index contributed by atoms with van der Waals surface area (Å²) in [6, 6.07) is 5.27. The molecule has 3 heterocycles. The van der Waals surface area contributed by atoms with Gasteiger partial charge in [-0.05, 0) is 24.3 Å². The first kappa shape index (κ1) is 22.9. The number of anilines is 1. The van der Waals surface area contributed by atoms with E-state index >= 15 is 0 Å². The molecule has 1 amide bonds.